The zero-order chi connectivity index (χ0) is 13.6. The van der Waals surface area contributed by atoms with Crippen LogP contribution in [-0.2, 0) is 9.53 Å². The Morgan fingerprint density at radius 3 is 2.35 bits per heavy atom. The standard InChI is InChI=1S/C11H17F3O3/c1-7(2)6-8(10(16)17-3)9(15)4-5-11(12,13)14/h8-9,15H,1,4-6H2,2-3H3/t8-,9-/m1/s1. The van der Waals surface area contributed by atoms with Crippen LogP contribution in [-0.4, -0.2) is 30.5 Å². The van der Waals surface area contributed by atoms with Crippen molar-refractivity contribution in [2.24, 2.45) is 5.92 Å². The number of ether oxygens (including phenoxy) is 1. The monoisotopic (exact) mass is 254 g/mol. The third-order valence-corrected chi connectivity index (χ3v) is 2.26. The predicted molar refractivity (Wildman–Crippen MR) is 56.2 cm³/mol. The number of aliphatic hydroxyl groups is 1. The molecule has 0 aliphatic carbocycles. The molecule has 1 N–H and O–H groups in total. The number of hydrogen-bond donors (Lipinski definition) is 1. The molecule has 2 atom stereocenters. The van der Waals surface area contributed by atoms with E-state index in [0.29, 0.717) is 5.57 Å². The first-order chi connectivity index (χ1) is 7.67. The van der Waals surface area contributed by atoms with E-state index < -0.39 is 37.0 Å². The highest BCUT2D eigenvalue weighted by molar-refractivity contribution is 5.73. The molecule has 0 aromatic carbocycles. The number of aliphatic hydroxyl groups excluding tert-OH is 1. The first-order valence-electron chi connectivity index (χ1n) is 5.14. The van der Waals surface area contributed by atoms with Crippen LogP contribution in [0.1, 0.15) is 26.2 Å². The largest absolute Gasteiger partial charge is 0.469 e. The lowest BCUT2D eigenvalue weighted by atomic mass is 9.92. The Balaban J connectivity index is 4.47. The summed E-state index contributed by atoms with van der Waals surface area (Å²) >= 11 is 0. The van der Waals surface area contributed by atoms with Gasteiger partial charge in [0.05, 0.1) is 19.1 Å². The number of allylic oxidation sites excluding steroid dienone is 1. The maximum atomic E-state index is 12.0. The summed E-state index contributed by atoms with van der Waals surface area (Å²) in [5.41, 5.74) is 0.603. The molecule has 100 valence electrons. The molecule has 0 amide bonds. The van der Waals surface area contributed by atoms with Gasteiger partial charge in [-0.1, -0.05) is 5.57 Å². The summed E-state index contributed by atoms with van der Waals surface area (Å²) in [5, 5.41) is 9.58. The van der Waals surface area contributed by atoms with E-state index in [-0.39, 0.29) is 6.42 Å². The highest BCUT2D eigenvalue weighted by atomic mass is 19.4. The number of carbonyl (C=O) groups excluding carboxylic acids is 1. The summed E-state index contributed by atoms with van der Waals surface area (Å²) in [4.78, 5) is 11.3. The highest BCUT2D eigenvalue weighted by Crippen LogP contribution is 2.26. The zero-order valence-corrected chi connectivity index (χ0v) is 9.88. The molecular weight excluding hydrogens is 237 g/mol. The molecule has 0 aromatic heterocycles. The molecule has 0 fully saturated rings. The van der Waals surface area contributed by atoms with Gasteiger partial charge in [-0.2, -0.15) is 13.2 Å². The van der Waals surface area contributed by atoms with Crippen molar-refractivity contribution in [1.82, 2.24) is 0 Å². The first-order valence-corrected chi connectivity index (χ1v) is 5.14. The lowest BCUT2D eigenvalue weighted by Gasteiger charge is -2.21. The van der Waals surface area contributed by atoms with Crippen molar-refractivity contribution in [1.29, 1.82) is 0 Å². The number of halogens is 3. The van der Waals surface area contributed by atoms with E-state index in [1.54, 1.807) is 6.92 Å². The molecule has 6 heteroatoms. The molecule has 0 saturated carbocycles. The van der Waals surface area contributed by atoms with E-state index >= 15 is 0 Å². The molecule has 0 aromatic rings. The number of hydrogen-bond acceptors (Lipinski definition) is 3. The summed E-state index contributed by atoms with van der Waals surface area (Å²) in [6.45, 7) is 5.19. The fourth-order valence-electron chi connectivity index (χ4n) is 1.42. The van der Waals surface area contributed by atoms with Gasteiger partial charge in [0.2, 0.25) is 0 Å². The Morgan fingerprint density at radius 1 is 1.47 bits per heavy atom. The van der Waals surface area contributed by atoms with Gasteiger partial charge < -0.3 is 9.84 Å². The molecular formula is C11H17F3O3. The Kier molecular flexibility index (Phi) is 6.23. The average Bonchev–Trinajstić information content (AvgIpc) is 2.20. The number of methoxy groups -OCH3 is 1. The van der Waals surface area contributed by atoms with Crippen LogP contribution in [0.4, 0.5) is 13.2 Å². The van der Waals surface area contributed by atoms with Gasteiger partial charge in [0.25, 0.3) is 0 Å². The van der Waals surface area contributed by atoms with E-state index in [9.17, 15) is 23.1 Å². The Morgan fingerprint density at radius 2 is 2.00 bits per heavy atom. The van der Waals surface area contributed by atoms with E-state index in [1.165, 1.54) is 0 Å². The van der Waals surface area contributed by atoms with Crippen molar-refractivity contribution in [3.63, 3.8) is 0 Å². The molecule has 0 bridgehead atoms. The van der Waals surface area contributed by atoms with Gasteiger partial charge in [-0.05, 0) is 19.8 Å². The van der Waals surface area contributed by atoms with Crippen molar-refractivity contribution < 1.29 is 27.8 Å². The van der Waals surface area contributed by atoms with Crippen LogP contribution in [0, 0.1) is 5.92 Å². The summed E-state index contributed by atoms with van der Waals surface area (Å²) in [6.07, 6.45) is -7.24. The van der Waals surface area contributed by atoms with Crippen LogP contribution >= 0.6 is 0 Å². The van der Waals surface area contributed by atoms with Crippen LogP contribution in [0.25, 0.3) is 0 Å². The second-order valence-electron chi connectivity index (χ2n) is 4.01. The van der Waals surface area contributed by atoms with Crippen LogP contribution < -0.4 is 0 Å². The summed E-state index contributed by atoms with van der Waals surface area (Å²) < 4.78 is 40.4. The zero-order valence-electron chi connectivity index (χ0n) is 9.88. The van der Waals surface area contributed by atoms with Crippen molar-refractivity contribution >= 4 is 5.97 Å². The van der Waals surface area contributed by atoms with Gasteiger partial charge in [0.1, 0.15) is 0 Å². The normalized spacial score (nSPS) is 15.2. The first kappa shape index (κ1) is 16.0. The molecule has 0 aliphatic rings. The molecule has 0 unspecified atom stereocenters. The van der Waals surface area contributed by atoms with Crippen LogP contribution in [0.15, 0.2) is 12.2 Å². The minimum Gasteiger partial charge on any atom is -0.469 e. The topological polar surface area (TPSA) is 46.5 Å². The highest BCUT2D eigenvalue weighted by Gasteiger charge is 2.33. The maximum absolute atomic E-state index is 12.0. The van der Waals surface area contributed by atoms with E-state index in [2.05, 4.69) is 11.3 Å². The quantitative estimate of drug-likeness (QED) is 0.585. The van der Waals surface area contributed by atoms with Crippen LogP contribution in [0.5, 0.6) is 0 Å². The Bertz CT molecular complexity index is 274. The molecule has 0 spiro atoms. The number of carbonyl (C=O) groups is 1. The van der Waals surface area contributed by atoms with Gasteiger partial charge in [-0.3, -0.25) is 4.79 Å². The predicted octanol–water partition coefficient (Wildman–Crippen LogP) is 2.45. The fourth-order valence-corrected chi connectivity index (χ4v) is 1.42. The van der Waals surface area contributed by atoms with E-state index in [1.807, 2.05) is 0 Å². The Labute approximate surface area is 98.3 Å². The minimum atomic E-state index is -4.34. The van der Waals surface area contributed by atoms with Gasteiger partial charge in [0.15, 0.2) is 0 Å². The van der Waals surface area contributed by atoms with Gasteiger partial charge in [-0.25, -0.2) is 0 Å². The second-order valence-corrected chi connectivity index (χ2v) is 4.01. The van der Waals surface area contributed by atoms with E-state index in [0.717, 1.165) is 7.11 Å². The fraction of sp³-hybridized carbons (Fsp3) is 0.727. The number of alkyl halides is 3. The van der Waals surface area contributed by atoms with Gasteiger partial charge >= 0.3 is 12.1 Å². The van der Waals surface area contributed by atoms with Gasteiger partial charge in [0, 0.05) is 6.42 Å². The molecule has 0 heterocycles. The third-order valence-electron chi connectivity index (χ3n) is 2.26. The van der Waals surface area contributed by atoms with Crippen LogP contribution in [0.3, 0.4) is 0 Å². The smallest absolute Gasteiger partial charge is 0.389 e. The van der Waals surface area contributed by atoms with Crippen molar-refractivity contribution in [3.8, 4) is 0 Å². The lowest BCUT2D eigenvalue weighted by Crippen LogP contribution is -2.30. The Hall–Kier alpha value is -1.04. The SMILES string of the molecule is C=C(C)C[C@@H](C(=O)OC)[C@H](O)CCC(F)(F)F. The molecule has 0 rings (SSSR count). The second kappa shape index (κ2) is 6.64. The summed E-state index contributed by atoms with van der Waals surface area (Å²) in [7, 11) is 1.13. The third kappa shape index (κ3) is 6.99. The number of esters is 1. The minimum absolute atomic E-state index is 0.117. The molecule has 0 aliphatic heterocycles. The average molecular weight is 254 g/mol. The van der Waals surface area contributed by atoms with Crippen molar-refractivity contribution in [3.05, 3.63) is 12.2 Å². The van der Waals surface area contributed by atoms with Crippen molar-refractivity contribution in [2.75, 3.05) is 7.11 Å². The molecule has 17 heavy (non-hydrogen) atoms. The lowest BCUT2D eigenvalue weighted by molar-refractivity contribution is -0.155. The van der Waals surface area contributed by atoms with Gasteiger partial charge in [-0.15, -0.1) is 6.58 Å². The number of rotatable bonds is 6. The van der Waals surface area contributed by atoms with Crippen LogP contribution in [0.2, 0.25) is 0 Å². The van der Waals surface area contributed by atoms with Crippen molar-refractivity contribution in [2.45, 2.75) is 38.5 Å². The maximum Gasteiger partial charge on any atom is 0.389 e. The molecule has 0 radical (unpaired) electrons. The summed E-state index contributed by atoms with van der Waals surface area (Å²) in [6, 6.07) is 0. The summed E-state index contributed by atoms with van der Waals surface area (Å²) in [5.74, 6) is -1.71. The molecule has 0 saturated heterocycles. The molecule has 3 nitrogen and oxygen atoms in total. The van der Waals surface area contributed by atoms with E-state index in [4.69, 9.17) is 0 Å².